The Morgan fingerprint density at radius 2 is 2.03 bits per heavy atom. The first-order valence-corrected chi connectivity index (χ1v) is 9.57. The summed E-state index contributed by atoms with van der Waals surface area (Å²) in [7, 11) is 0. The number of halogens is 3. The van der Waals surface area contributed by atoms with Crippen LogP contribution in [-0.4, -0.2) is 61.8 Å². The Balaban J connectivity index is 2.03. The fourth-order valence-corrected chi connectivity index (χ4v) is 3.61. The number of nitrogens with one attached hydrogen (secondary N) is 2. The molecule has 1 aliphatic heterocycles. The smallest absolute Gasteiger partial charge is 0.411 e. The van der Waals surface area contributed by atoms with Gasteiger partial charge >= 0.3 is 18.2 Å². The minimum atomic E-state index is -4.48. The van der Waals surface area contributed by atoms with E-state index in [-0.39, 0.29) is 33.6 Å². The quantitative estimate of drug-likeness (QED) is 0.652. The van der Waals surface area contributed by atoms with E-state index in [0.717, 1.165) is 11.8 Å². The summed E-state index contributed by atoms with van der Waals surface area (Å²) in [5.74, 6) is -1.44. The number of carboxylic acids is 1. The molecule has 158 valence electrons. The van der Waals surface area contributed by atoms with Gasteiger partial charge in [0, 0.05) is 29.6 Å². The molecule has 13 heteroatoms. The summed E-state index contributed by atoms with van der Waals surface area (Å²) in [6.07, 6.45) is -3.17. The number of aliphatic imine (C=N–C) groups is 1. The molecule has 0 fully saturated rings. The lowest BCUT2D eigenvalue weighted by Crippen LogP contribution is -2.28. The van der Waals surface area contributed by atoms with E-state index in [0.29, 0.717) is 12.1 Å². The molecule has 1 unspecified atom stereocenters. The Kier molecular flexibility index (Phi) is 6.20. The molecule has 0 aliphatic carbocycles. The highest BCUT2D eigenvalue weighted by Crippen LogP contribution is 2.36. The van der Waals surface area contributed by atoms with Gasteiger partial charge in [0.2, 0.25) is 0 Å². The third-order valence-electron chi connectivity index (χ3n) is 3.90. The van der Waals surface area contributed by atoms with Crippen molar-refractivity contribution in [1.29, 1.82) is 0 Å². The average Bonchev–Trinajstić information content (AvgIpc) is 3.19. The number of anilines is 1. The highest BCUT2D eigenvalue weighted by molar-refractivity contribution is 8.14. The topological polar surface area (TPSA) is 129 Å². The number of pyridine rings is 1. The summed E-state index contributed by atoms with van der Waals surface area (Å²) >= 11 is 0.917. The van der Waals surface area contributed by atoms with E-state index in [1.165, 1.54) is 24.4 Å². The fourth-order valence-electron chi connectivity index (χ4n) is 2.50. The number of nitrogens with zero attached hydrogens (tertiary/aromatic N) is 4. The third-order valence-corrected chi connectivity index (χ3v) is 4.98. The molecule has 2 aromatic heterocycles. The van der Waals surface area contributed by atoms with Gasteiger partial charge in [0.1, 0.15) is 5.82 Å². The number of alkyl halides is 3. The Bertz CT molecular complexity index is 997. The van der Waals surface area contributed by atoms with Crippen LogP contribution in [0, 0.1) is 0 Å². The molecule has 1 aliphatic rings. The molecule has 3 heterocycles. The van der Waals surface area contributed by atoms with Gasteiger partial charge in [-0.1, -0.05) is 0 Å². The molecule has 9 nitrogen and oxygen atoms in total. The maximum atomic E-state index is 13.1. The SMILES string of the molecule is CCNC(=O)Nc1cc(C2=NC(C(F)(F)F)CS2)c(-c2ccc(C(=O)O)nn2)cn1. The maximum absolute atomic E-state index is 13.1. The molecule has 3 rings (SSSR count). The predicted molar refractivity (Wildman–Crippen MR) is 104 cm³/mol. The van der Waals surface area contributed by atoms with E-state index < -0.39 is 24.2 Å². The lowest BCUT2D eigenvalue weighted by atomic mass is 10.1. The van der Waals surface area contributed by atoms with Crippen LogP contribution in [0.3, 0.4) is 0 Å². The lowest BCUT2D eigenvalue weighted by molar-refractivity contribution is -0.141. The second-order valence-electron chi connectivity index (χ2n) is 6.01. The van der Waals surface area contributed by atoms with Gasteiger partial charge in [-0.15, -0.1) is 22.0 Å². The maximum Gasteiger partial charge on any atom is 0.411 e. The van der Waals surface area contributed by atoms with E-state index in [9.17, 15) is 22.8 Å². The van der Waals surface area contributed by atoms with Crippen molar-refractivity contribution < 1.29 is 27.9 Å². The molecule has 0 saturated heterocycles. The first-order valence-electron chi connectivity index (χ1n) is 8.59. The number of carbonyl (C=O) groups excluding carboxylic acids is 1. The third kappa shape index (κ3) is 4.84. The molecular formula is C17H15F3N6O3S. The molecule has 2 aromatic rings. The number of carbonyl (C=O) groups is 2. The summed E-state index contributed by atoms with van der Waals surface area (Å²) in [5.41, 5.74) is 0.485. The highest BCUT2D eigenvalue weighted by Gasteiger charge is 2.43. The van der Waals surface area contributed by atoms with Crippen LogP contribution >= 0.6 is 11.8 Å². The second-order valence-corrected chi connectivity index (χ2v) is 7.02. The summed E-state index contributed by atoms with van der Waals surface area (Å²) in [4.78, 5) is 30.6. The van der Waals surface area contributed by atoms with Gasteiger partial charge in [0.05, 0.1) is 10.7 Å². The molecule has 30 heavy (non-hydrogen) atoms. The van der Waals surface area contributed by atoms with Crippen molar-refractivity contribution in [3.8, 4) is 11.3 Å². The summed E-state index contributed by atoms with van der Waals surface area (Å²) in [6, 6.07) is 1.61. The van der Waals surface area contributed by atoms with Gasteiger partial charge in [0.15, 0.2) is 11.7 Å². The summed E-state index contributed by atoms with van der Waals surface area (Å²) in [6.45, 7) is 2.10. The van der Waals surface area contributed by atoms with Crippen LogP contribution in [0.5, 0.6) is 0 Å². The number of aromatic nitrogens is 3. The highest BCUT2D eigenvalue weighted by atomic mass is 32.2. The zero-order valence-electron chi connectivity index (χ0n) is 15.4. The molecule has 0 radical (unpaired) electrons. The van der Waals surface area contributed by atoms with Gasteiger partial charge < -0.3 is 10.4 Å². The number of hydrogen-bond donors (Lipinski definition) is 3. The van der Waals surface area contributed by atoms with Crippen molar-refractivity contribution >= 4 is 34.6 Å². The zero-order valence-corrected chi connectivity index (χ0v) is 16.2. The standard InChI is InChI=1S/C17H15F3N6O3S/c1-2-21-16(29)24-13-5-8(14-23-12(7-30-14)17(18,19)20)9(6-22-13)10-3-4-11(15(27)28)26-25-10/h3-6,12H,2,7H2,1H3,(H,27,28)(H2,21,22,24,29). The van der Waals surface area contributed by atoms with Crippen molar-refractivity contribution in [1.82, 2.24) is 20.5 Å². The number of urea groups is 1. The van der Waals surface area contributed by atoms with Crippen molar-refractivity contribution in [2.24, 2.45) is 4.99 Å². The Morgan fingerprint density at radius 1 is 1.27 bits per heavy atom. The number of amides is 2. The van der Waals surface area contributed by atoms with Gasteiger partial charge in [0.25, 0.3) is 0 Å². The predicted octanol–water partition coefficient (Wildman–Crippen LogP) is 2.80. The normalized spacial score (nSPS) is 16.1. The molecule has 1 atom stereocenters. The van der Waals surface area contributed by atoms with Crippen LogP contribution in [0.1, 0.15) is 23.0 Å². The summed E-state index contributed by atoms with van der Waals surface area (Å²) < 4.78 is 39.2. The monoisotopic (exact) mass is 440 g/mol. The number of thioether (sulfide) groups is 1. The van der Waals surface area contributed by atoms with E-state index in [1.54, 1.807) is 6.92 Å². The zero-order chi connectivity index (χ0) is 21.9. The first kappa shape index (κ1) is 21.5. The van der Waals surface area contributed by atoms with Crippen LogP contribution in [0.4, 0.5) is 23.8 Å². The van der Waals surface area contributed by atoms with Crippen LogP contribution in [0.15, 0.2) is 29.4 Å². The second kappa shape index (κ2) is 8.65. The van der Waals surface area contributed by atoms with Crippen LogP contribution in [-0.2, 0) is 0 Å². The van der Waals surface area contributed by atoms with Crippen molar-refractivity contribution in [2.75, 3.05) is 17.6 Å². The van der Waals surface area contributed by atoms with E-state index in [1.807, 2.05) is 0 Å². The first-order chi connectivity index (χ1) is 14.2. The number of hydrogen-bond acceptors (Lipinski definition) is 7. The summed E-state index contributed by atoms with van der Waals surface area (Å²) in [5, 5.41) is 21.5. The molecular weight excluding hydrogens is 425 g/mol. The molecule has 0 saturated carbocycles. The van der Waals surface area contributed by atoms with Gasteiger partial charge in [-0.3, -0.25) is 10.3 Å². The van der Waals surface area contributed by atoms with Crippen LogP contribution in [0.25, 0.3) is 11.3 Å². The fraction of sp³-hybridized carbons (Fsp3) is 0.294. The van der Waals surface area contributed by atoms with E-state index in [4.69, 9.17) is 5.11 Å². The lowest BCUT2D eigenvalue weighted by Gasteiger charge is -2.12. The number of rotatable bonds is 5. The minimum absolute atomic E-state index is 0.105. The molecule has 0 spiro atoms. The van der Waals surface area contributed by atoms with Gasteiger partial charge in [-0.05, 0) is 25.1 Å². The number of carboxylic acid groups (broad SMARTS) is 1. The van der Waals surface area contributed by atoms with E-state index in [2.05, 4.69) is 30.8 Å². The Morgan fingerprint density at radius 3 is 2.60 bits per heavy atom. The molecule has 0 bridgehead atoms. The van der Waals surface area contributed by atoms with Gasteiger partial charge in [-0.2, -0.15) is 13.2 Å². The van der Waals surface area contributed by atoms with Crippen molar-refractivity contribution in [3.63, 3.8) is 0 Å². The van der Waals surface area contributed by atoms with Crippen LogP contribution in [0.2, 0.25) is 0 Å². The van der Waals surface area contributed by atoms with Crippen molar-refractivity contribution in [2.45, 2.75) is 19.1 Å². The number of aromatic carboxylic acids is 1. The Labute approximate surface area is 172 Å². The van der Waals surface area contributed by atoms with Crippen molar-refractivity contribution in [3.05, 3.63) is 35.7 Å². The Hall–Kier alpha value is -3.22. The minimum Gasteiger partial charge on any atom is -0.476 e. The molecule has 3 N–H and O–H groups in total. The van der Waals surface area contributed by atoms with Crippen LogP contribution < -0.4 is 10.6 Å². The van der Waals surface area contributed by atoms with E-state index >= 15 is 0 Å². The molecule has 2 amide bonds. The van der Waals surface area contributed by atoms with Gasteiger partial charge in [-0.25, -0.2) is 14.6 Å². The average molecular weight is 440 g/mol. The molecule has 0 aromatic carbocycles. The largest absolute Gasteiger partial charge is 0.476 e.